The molecule has 6 nitrogen and oxygen atoms in total. The molecule has 148 valence electrons. The molecule has 3 aliphatic rings. The number of amides is 1. The number of likely N-dealkylation sites (tertiary alicyclic amines) is 1. The smallest absolute Gasteiger partial charge is 0.251 e. The van der Waals surface area contributed by atoms with Gasteiger partial charge in [0, 0.05) is 44.4 Å². The fourth-order valence-corrected chi connectivity index (χ4v) is 5.36. The maximum atomic E-state index is 12.9. The summed E-state index contributed by atoms with van der Waals surface area (Å²) in [6, 6.07) is 5.64. The van der Waals surface area contributed by atoms with Gasteiger partial charge in [0.25, 0.3) is 5.56 Å². The summed E-state index contributed by atoms with van der Waals surface area (Å²) in [5.41, 5.74) is 0.825. The number of aromatic nitrogens is 1. The second-order valence-electron chi connectivity index (χ2n) is 8.55. The number of likely N-dealkylation sites (N-methyl/N-ethyl adjacent to an activating group) is 1. The maximum absolute atomic E-state index is 12.9. The quantitative estimate of drug-likeness (QED) is 0.825. The molecular formula is C21H31N3O3. The van der Waals surface area contributed by atoms with Crippen LogP contribution in [0.1, 0.15) is 50.3 Å². The molecule has 0 spiro atoms. The molecule has 0 unspecified atom stereocenters. The minimum absolute atomic E-state index is 0.0305. The van der Waals surface area contributed by atoms with Crippen LogP contribution in [0.15, 0.2) is 23.0 Å². The van der Waals surface area contributed by atoms with E-state index in [2.05, 4.69) is 23.2 Å². The molecule has 1 N–H and O–H groups in total. The van der Waals surface area contributed by atoms with E-state index in [4.69, 9.17) is 4.74 Å². The van der Waals surface area contributed by atoms with E-state index < -0.39 is 0 Å². The SMILES string of the molecule is CCN1C[C@H]2C[C@@H](C1)[C@H](CNC(=O)C1(COC)CCC1)n1c2cccc1=O. The van der Waals surface area contributed by atoms with Gasteiger partial charge < -0.3 is 19.5 Å². The van der Waals surface area contributed by atoms with Crippen LogP contribution in [0.2, 0.25) is 0 Å². The predicted molar refractivity (Wildman–Crippen MR) is 104 cm³/mol. The van der Waals surface area contributed by atoms with E-state index in [-0.39, 0.29) is 22.9 Å². The summed E-state index contributed by atoms with van der Waals surface area (Å²) in [7, 11) is 1.66. The molecule has 0 aromatic carbocycles. The number of methoxy groups -OCH3 is 1. The number of fused-ring (bicyclic) bond motifs is 4. The first-order valence-corrected chi connectivity index (χ1v) is 10.3. The number of hydrogen-bond acceptors (Lipinski definition) is 4. The summed E-state index contributed by atoms with van der Waals surface area (Å²) in [5, 5.41) is 3.19. The third kappa shape index (κ3) is 3.23. The molecule has 6 heteroatoms. The Hall–Kier alpha value is -1.66. The average Bonchev–Trinajstić information content (AvgIpc) is 2.64. The third-order valence-electron chi connectivity index (χ3n) is 7.01. The van der Waals surface area contributed by atoms with E-state index in [1.807, 2.05) is 10.6 Å². The fraction of sp³-hybridized carbons (Fsp3) is 0.714. The van der Waals surface area contributed by atoms with Crippen molar-refractivity contribution in [1.82, 2.24) is 14.8 Å². The number of pyridine rings is 1. The second-order valence-corrected chi connectivity index (χ2v) is 8.55. The molecule has 1 saturated heterocycles. The molecular weight excluding hydrogens is 342 g/mol. The van der Waals surface area contributed by atoms with E-state index in [0.29, 0.717) is 25.0 Å². The number of carbonyl (C=O) groups excluding carboxylic acids is 1. The third-order valence-corrected chi connectivity index (χ3v) is 7.01. The Morgan fingerprint density at radius 1 is 1.33 bits per heavy atom. The number of piperidine rings is 1. The standard InChI is InChI=1S/C21H31N3O3/c1-3-23-12-15-10-16(13-23)18(24-17(15)6-4-7-19(24)25)11-22-20(26)21(14-27-2)8-5-9-21/h4,6-7,15-16,18H,3,5,8-14H2,1-2H3,(H,22,26)/t15-,16+,18+/m1/s1. The Bertz CT molecular complexity index is 755. The number of nitrogens with one attached hydrogen (secondary N) is 1. The van der Waals surface area contributed by atoms with Gasteiger partial charge in [0.15, 0.2) is 0 Å². The molecule has 2 bridgehead atoms. The second kappa shape index (κ2) is 7.40. The molecule has 1 aromatic heterocycles. The molecule has 2 aliphatic heterocycles. The molecule has 1 aromatic rings. The van der Waals surface area contributed by atoms with E-state index in [9.17, 15) is 9.59 Å². The number of hydrogen-bond donors (Lipinski definition) is 1. The van der Waals surface area contributed by atoms with Gasteiger partial charge in [-0.2, -0.15) is 0 Å². The topological polar surface area (TPSA) is 63.6 Å². The van der Waals surface area contributed by atoms with Gasteiger partial charge >= 0.3 is 0 Å². The zero-order chi connectivity index (χ0) is 19.0. The molecule has 3 heterocycles. The Morgan fingerprint density at radius 3 is 2.81 bits per heavy atom. The van der Waals surface area contributed by atoms with E-state index in [0.717, 1.165) is 51.0 Å². The van der Waals surface area contributed by atoms with Gasteiger partial charge in [-0.15, -0.1) is 0 Å². The predicted octanol–water partition coefficient (Wildman–Crippen LogP) is 1.76. The summed E-state index contributed by atoms with van der Waals surface area (Å²) in [4.78, 5) is 28.0. The van der Waals surface area contributed by atoms with Gasteiger partial charge in [-0.1, -0.05) is 19.4 Å². The highest BCUT2D eigenvalue weighted by Gasteiger charge is 2.45. The highest BCUT2D eigenvalue weighted by molar-refractivity contribution is 5.83. The van der Waals surface area contributed by atoms with E-state index >= 15 is 0 Å². The minimum Gasteiger partial charge on any atom is -0.384 e. The lowest BCUT2D eigenvalue weighted by Crippen LogP contribution is -2.54. The van der Waals surface area contributed by atoms with Gasteiger partial charge in [-0.3, -0.25) is 9.59 Å². The number of carbonyl (C=O) groups is 1. The number of rotatable bonds is 6. The zero-order valence-electron chi connectivity index (χ0n) is 16.4. The summed E-state index contributed by atoms with van der Waals surface area (Å²) in [6.45, 7) is 6.25. The normalized spacial score (nSPS) is 28.9. The van der Waals surface area contributed by atoms with Crippen molar-refractivity contribution in [2.75, 3.05) is 39.9 Å². The van der Waals surface area contributed by atoms with Crippen LogP contribution in [0.4, 0.5) is 0 Å². The Balaban J connectivity index is 1.57. The van der Waals surface area contributed by atoms with Crippen molar-refractivity contribution in [2.24, 2.45) is 11.3 Å². The first-order valence-electron chi connectivity index (χ1n) is 10.3. The van der Waals surface area contributed by atoms with Gasteiger partial charge in [-0.05, 0) is 37.8 Å². The van der Waals surface area contributed by atoms with Crippen molar-refractivity contribution in [3.05, 3.63) is 34.2 Å². The molecule has 2 fully saturated rings. The van der Waals surface area contributed by atoms with Crippen LogP contribution in [-0.4, -0.2) is 55.3 Å². The van der Waals surface area contributed by atoms with Crippen LogP contribution in [0, 0.1) is 11.3 Å². The maximum Gasteiger partial charge on any atom is 0.251 e. The van der Waals surface area contributed by atoms with Crippen LogP contribution in [0.25, 0.3) is 0 Å². The average molecular weight is 373 g/mol. The summed E-state index contributed by atoms with van der Waals surface area (Å²) >= 11 is 0. The molecule has 1 aliphatic carbocycles. The number of ether oxygens (including phenoxy) is 1. The highest BCUT2D eigenvalue weighted by Crippen LogP contribution is 2.43. The van der Waals surface area contributed by atoms with Crippen molar-refractivity contribution < 1.29 is 9.53 Å². The van der Waals surface area contributed by atoms with Gasteiger partial charge in [0.1, 0.15) is 0 Å². The van der Waals surface area contributed by atoms with Crippen LogP contribution in [0.5, 0.6) is 0 Å². The zero-order valence-corrected chi connectivity index (χ0v) is 16.4. The Morgan fingerprint density at radius 2 is 2.15 bits per heavy atom. The van der Waals surface area contributed by atoms with Crippen molar-refractivity contribution in [3.63, 3.8) is 0 Å². The van der Waals surface area contributed by atoms with Crippen molar-refractivity contribution in [1.29, 1.82) is 0 Å². The molecule has 1 amide bonds. The lowest BCUT2D eigenvalue weighted by Gasteiger charge is -2.47. The van der Waals surface area contributed by atoms with E-state index in [1.165, 1.54) is 0 Å². The highest BCUT2D eigenvalue weighted by atomic mass is 16.5. The monoisotopic (exact) mass is 373 g/mol. The largest absolute Gasteiger partial charge is 0.384 e. The summed E-state index contributed by atoms with van der Waals surface area (Å²) in [6.07, 6.45) is 3.97. The van der Waals surface area contributed by atoms with Crippen molar-refractivity contribution >= 4 is 5.91 Å². The van der Waals surface area contributed by atoms with Crippen LogP contribution < -0.4 is 10.9 Å². The van der Waals surface area contributed by atoms with Crippen LogP contribution in [0.3, 0.4) is 0 Å². The molecule has 1 saturated carbocycles. The van der Waals surface area contributed by atoms with Crippen molar-refractivity contribution in [2.45, 2.75) is 44.6 Å². The molecule has 27 heavy (non-hydrogen) atoms. The number of nitrogens with zero attached hydrogens (tertiary/aromatic N) is 2. The molecule has 3 atom stereocenters. The lowest BCUT2D eigenvalue weighted by atomic mass is 9.68. The molecule has 0 radical (unpaired) electrons. The first kappa shape index (κ1) is 18.7. The summed E-state index contributed by atoms with van der Waals surface area (Å²) < 4.78 is 7.28. The Kier molecular flexibility index (Phi) is 5.12. The lowest BCUT2D eigenvalue weighted by molar-refractivity contribution is -0.140. The fourth-order valence-electron chi connectivity index (χ4n) is 5.36. The van der Waals surface area contributed by atoms with Crippen LogP contribution in [-0.2, 0) is 9.53 Å². The van der Waals surface area contributed by atoms with Gasteiger partial charge in [0.05, 0.1) is 18.1 Å². The van der Waals surface area contributed by atoms with Gasteiger partial charge in [0.2, 0.25) is 5.91 Å². The minimum atomic E-state index is -0.363. The summed E-state index contributed by atoms with van der Waals surface area (Å²) in [5.74, 6) is 0.902. The van der Waals surface area contributed by atoms with Gasteiger partial charge in [-0.25, -0.2) is 0 Å². The van der Waals surface area contributed by atoms with Crippen molar-refractivity contribution in [3.8, 4) is 0 Å². The van der Waals surface area contributed by atoms with E-state index in [1.54, 1.807) is 13.2 Å². The molecule has 4 rings (SSSR count). The first-order chi connectivity index (χ1) is 13.1. The van der Waals surface area contributed by atoms with Crippen LogP contribution >= 0.6 is 0 Å². The Labute approximate surface area is 160 Å².